The average molecular weight is 457 g/mol. The predicted molar refractivity (Wildman–Crippen MR) is 104 cm³/mol. The number of anilines is 1. The molecule has 3 heterocycles. The van der Waals surface area contributed by atoms with Crippen molar-refractivity contribution in [3.05, 3.63) is 45.8 Å². The lowest BCUT2D eigenvalue weighted by Crippen LogP contribution is -2.28. The molecule has 0 aromatic carbocycles. The normalized spacial score (nSPS) is 11.7. The highest BCUT2D eigenvalue weighted by atomic mass is 79.9. The summed E-state index contributed by atoms with van der Waals surface area (Å²) in [5.41, 5.74) is 1.88. The molecule has 11 heteroatoms. The molecule has 0 bridgehead atoms. The number of hydrogen-bond donors (Lipinski definition) is 2. The number of hydrogen-bond acceptors (Lipinski definition) is 7. The van der Waals surface area contributed by atoms with Crippen molar-refractivity contribution in [2.24, 2.45) is 0 Å². The van der Waals surface area contributed by atoms with Gasteiger partial charge in [-0.15, -0.1) is 11.3 Å². The zero-order valence-electron chi connectivity index (χ0n) is 14.1. The molecule has 8 nitrogen and oxygen atoms in total. The lowest BCUT2D eigenvalue weighted by atomic mass is 10.4. The quantitative estimate of drug-likeness (QED) is 0.529. The maximum Gasteiger partial charge on any atom is 0.250 e. The Kier molecular flexibility index (Phi) is 5.70. The van der Waals surface area contributed by atoms with E-state index in [-0.39, 0.29) is 10.8 Å². The Hall–Kier alpha value is -1.82. The largest absolute Gasteiger partial charge is 0.369 e. The van der Waals surface area contributed by atoms with E-state index in [4.69, 9.17) is 0 Å². The summed E-state index contributed by atoms with van der Waals surface area (Å²) in [4.78, 5) is 8.38. The molecule has 3 aromatic rings. The van der Waals surface area contributed by atoms with Crippen LogP contribution in [0, 0.1) is 13.8 Å². The number of thiophene rings is 1. The van der Waals surface area contributed by atoms with Crippen LogP contribution in [-0.2, 0) is 10.0 Å². The summed E-state index contributed by atoms with van der Waals surface area (Å²) in [6, 6.07) is 7.01. The van der Waals surface area contributed by atoms with Crippen molar-refractivity contribution in [2.45, 2.75) is 18.1 Å². The molecule has 0 aliphatic heterocycles. The highest BCUT2D eigenvalue weighted by Gasteiger charge is 2.15. The average Bonchev–Trinajstić information content (AvgIpc) is 3.18. The van der Waals surface area contributed by atoms with Crippen LogP contribution in [0.5, 0.6) is 0 Å². The maximum atomic E-state index is 12.1. The number of aryl methyl sites for hydroxylation is 2. The Morgan fingerprint density at radius 1 is 1.19 bits per heavy atom. The topological polar surface area (TPSA) is 102 Å². The third kappa shape index (κ3) is 4.47. The van der Waals surface area contributed by atoms with Gasteiger partial charge in [0.25, 0.3) is 0 Å². The van der Waals surface area contributed by atoms with E-state index in [1.807, 2.05) is 19.9 Å². The van der Waals surface area contributed by atoms with Gasteiger partial charge in [0.1, 0.15) is 16.4 Å². The molecule has 0 aliphatic rings. The molecule has 0 spiro atoms. The second-order valence-corrected chi connectivity index (χ2v) is 9.94. The first-order valence-electron chi connectivity index (χ1n) is 7.70. The standard InChI is InChI=1S/C15H17BrN6O2S2/c1-10-7-11(2)22(21-10)14-8-13(18-9-19-14)17-5-6-20-26(23,24)15-4-3-12(16)25-15/h3-4,7-9,20H,5-6H2,1-2H3,(H,17,18,19). The minimum absolute atomic E-state index is 0.233. The Balaban J connectivity index is 1.59. The van der Waals surface area contributed by atoms with Crippen LogP contribution in [0.1, 0.15) is 11.4 Å². The summed E-state index contributed by atoms with van der Waals surface area (Å²) in [7, 11) is -3.50. The Labute approximate surface area is 163 Å². The summed E-state index contributed by atoms with van der Waals surface area (Å²) in [6.45, 7) is 4.49. The van der Waals surface area contributed by atoms with Gasteiger partial charge in [-0.25, -0.2) is 27.8 Å². The molecular weight excluding hydrogens is 440 g/mol. The van der Waals surface area contributed by atoms with Crippen molar-refractivity contribution in [1.82, 2.24) is 24.5 Å². The maximum absolute atomic E-state index is 12.1. The Morgan fingerprint density at radius 3 is 2.65 bits per heavy atom. The van der Waals surface area contributed by atoms with Crippen LogP contribution in [0.25, 0.3) is 5.82 Å². The summed E-state index contributed by atoms with van der Waals surface area (Å²) in [5.74, 6) is 1.25. The summed E-state index contributed by atoms with van der Waals surface area (Å²) in [6.07, 6.45) is 1.45. The van der Waals surface area contributed by atoms with Gasteiger partial charge in [0, 0.05) is 24.8 Å². The van der Waals surface area contributed by atoms with Crippen LogP contribution in [0.15, 0.2) is 38.6 Å². The van der Waals surface area contributed by atoms with Crippen LogP contribution in [-0.4, -0.2) is 41.3 Å². The third-order valence-corrected chi connectivity index (χ3v) is 6.99. The molecule has 26 heavy (non-hydrogen) atoms. The molecule has 0 amide bonds. The fourth-order valence-corrected chi connectivity index (χ4v) is 5.40. The van der Waals surface area contributed by atoms with Gasteiger partial charge in [0.05, 0.1) is 9.48 Å². The van der Waals surface area contributed by atoms with Crippen LogP contribution in [0.2, 0.25) is 0 Å². The van der Waals surface area contributed by atoms with Crippen LogP contribution < -0.4 is 10.0 Å². The fourth-order valence-electron chi connectivity index (χ4n) is 2.31. The Bertz CT molecular complexity index is 1010. The number of nitrogens with one attached hydrogen (secondary N) is 2. The van der Waals surface area contributed by atoms with Gasteiger partial charge in [-0.05, 0) is 48.0 Å². The Morgan fingerprint density at radius 2 is 2.00 bits per heavy atom. The van der Waals surface area contributed by atoms with Gasteiger partial charge in [0.2, 0.25) is 10.0 Å². The zero-order chi connectivity index (χ0) is 18.7. The van der Waals surface area contributed by atoms with E-state index in [0.717, 1.165) is 15.2 Å². The lowest BCUT2D eigenvalue weighted by molar-refractivity contribution is 0.585. The minimum Gasteiger partial charge on any atom is -0.369 e. The van der Waals surface area contributed by atoms with Gasteiger partial charge in [-0.3, -0.25) is 0 Å². The molecule has 2 N–H and O–H groups in total. The number of aromatic nitrogens is 4. The first-order chi connectivity index (χ1) is 12.3. The van der Waals surface area contributed by atoms with Gasteiger partial charge in [0.15, 0.2) is 5.82 Å². The fraction of sp³-hybridized carbons (Fsp3) is 0.267. The van der Waals surface area contributed by atoms with Crippen LogP contribution >= 0.6 is 27.3 Å². The molecule has 0 radical (unpaired) electrons. The minimum atomic E-state index is -3.50. The second-order valence-electron chi connectivity index (χ2n) is 5.48. The first-order valence-corrected chi connectivity index (χ1v) is 10.8. The second kappa shape index (κ2) is 7.82. The van der Waals surface area contributed by atoms with E-state index in [0.29, 0.717) is 18.2 Å². The van der Waals surface area contributed by atoms with E-state index in [1.165, 1.54) is 17.7 Å². The van der Waals surface area contributed by atoms with E-state index >= 15 is 0 Å². The highest BCUT2D eigenvalue weighted by molar-refractivity contribution is 9.11. The van der Waals surface area contributed by atoms with Crippen molar-refractivity contribution in [3.63, 3.8) is 0 Å². The van der Waals surface area contributed by atoms with Gasteiger partial charge in [-0.2, -0.15) is 5.10 Å². The molecule has 138 valence electrons. The first kappa shape index (κ1) is 19.0. The molecule has 0 saturated heterocycles. The predicted octanol–water partition coefficient (Wildman–Crippen LogP) is 2.49. The number of nitrogens with zero attached hydrogens (tertiary/aromatic N) is 4. The summed E-state index contributed by atoms with van der Waals surface area (Å²) < 4.78 is 29.6. The zero-order valence-corrected chi connectivity index (χ0v) is 17.3. The van der Waals surface area contributed by atoms with Crippen molar-refractivity contribution in [1.29, 1.82) is 0 Å². The third-order valence-electron chi connectivity index (χ3n) is 3.42. The molecular formula is C15H17BrN6O2S2. The molecule has 3 aromatic heterocycles. The van der Waals surface area contributed by atoms with Crippen molar-refractivity contribution >= 4 is 43.1 Å². The lowest BCUT2D eigenvalue weighted by Gasteiger charge is -2.09. The molecule has 0 unspecified atom stereocenters. The van der Waals surface area contributed by atoms with Crippen LogP contribution in [0.4, 0.5) is 5.82 Å². The van der Waals surface area contributed by atoms with E-state index in [2.05, 4.69) is 41.0 Å². The van der Waals surface area contributed by atoms with E-state index in [9.17, 15) is 8.42 Å². The molecule has 0 saturated carbocycles. The molecule has 3 rings (SSSR count). The van der Waals surface area contributed by atoms with Crippen molar-refractivity contribution in [3.8, 4) is 5.82 Å². The van der Waals surface area contributed by atoms with E-state index in [1.54, 1.807) is 22.9 Å². The van der Waals surface area contributed by atoms with Gasteiger partial charge < -0.3 is 5.32 Å². The number of halogens is 1. The highest BCUT2D eigenvalue weighted by Crippen LogP contribution is 2.25. The number of sulfonamides is 1. The van der Waals surface area contributed by atoms with Crippen molar-refractivity contribution < 1.29 is 8.42 Å². The molecule has 0 atom stereocenters. The van der Waals surface area contributed by atoms with Crippen molar-refractivity contribution in [2.75, 3.05) is 18.4 Å². The number of rotatable bonds is 7. The summed E-state index contributed by atoms with van der Waals surface area (Å²) >= 11 is 4.43. The van der Waals surface area contributed by atoms with Gasteiger partial charge >= 0.3 is 0 Å². The van der Waals surface area contributed by atoms with E-state index < -0.39 is 10.0 Å². The van der Waals surface area contributed by atoms with Crippen LogP contribution in [0.3, 0.4) is 0 Å². The SMILES string of the molecule is Cc1cc(C)n(-c2cc(NCCNS(=O)(=O)c3ccc(Br)s3)ncn2)n1. The summed E-state index contributed by atoms with van der Waals surface area (Å²) in [5, 5.41) is 7.48. The van der Waals surface area contributed by atoms with Gasteiger partial charge in [-0.1, -0.05) is 0 Å². The smallest absolute Gasteiger partial charge is 0.250 e. The molecule has 0 aliphatic carbocycles. The molecule has 0 fully saturated rings. The monoisotopic (exact) mass is 456 g/mol.